The maximum atomic E-state index is 11.8. The Hall–Kier alpha value is -2.36. The van der Waals surface area contributed by atoms with Gasteiger partial charge < -0.3 is 10.2 Å². The number of pyridine rings is 1. The number of amides is 1. The summed E-state index contributed by atoms with van der Waals surface area (Å²) in [5.74, 6) is -0.0413. The van der Waals surface area contributed by atoms with Crippen molar-refractivity contribution in [2.75, 3.05) is 25.5 Å². The van der Waals surface area contributed by atoms with Crippen LogP contribution in [0.2, 0.25) is 0 Å². The fourth-order valence-electron chi connectivity index (χ4n) is 2.06. The van der Waals surface area contributed by atoms with Gasteiger partial charge in [0.25, 0.3) is 5.91 Å². The van der Waals surface area contributed by atoms with Crippen molar-refractivity contribution in [1.29, 1.82) is 0 Å². The van der Waals surface area contributed by atoms with E-state index < -0.39 is 0 Å². The molecule has 1 heterocycles. The third kappa shape index (κ3) is 4.60. The molecule has 0 aliphatic carbocycles. The normalized spacial score (nSPS) is 10.2. The van der Waals surface area contributed by atoms with Crippen molar-refractivity contribution in [2.45, 2.75) is 12.8 Å². The van der Waals surface area contributed by atoms with Crippen LogP contribution < -0.4 is 10.2 Å². The average molecular weight is 283 g/mol. The Morgan fingerprint density at radius 3 is 2.38 bits per heavy atom. The number of nitrogens with one attached hydrogen (secondary N) is 1. The lowest BCUT2D eigenvalue weighted by Crippen LogP contribution is -2.24. The molecule has 0 fully saturated rings. The molecule has 0 unspecified atom stereocenters. The lowest BCUT2D eigenvalue weighted by Gasteiger charge is -2.12. The summed E-state index contributed by atoms with van der Waals surface area (Å²) in [6.45, 7) is 0.677. The minimum Gasteiger partial charge on any atom is -0.378 e. The number of aromatic nitrogens is 1. The van der Waals surface area contributed by atoms with E-state index >= 15 is 0 Å². The summed E-state index contributed by atoms with van der Waals surface area (Å²) in [6.07, 6.45) is 5.14. The quantitative estimate of drug-likeness (QED) is 0.829. The zero-order valence-electron chi connectivity index (χ0n) is 12.5. The molecule has 0 saturated carbocycles. The van der Waals surface area contributed by atoms with Gasteiger partial charge in [-0.25, -0.2) is 0 Å². The zero-order valence-corrected chi connectivity index (χ0v) is 12.5. The second-order valence-electron chi connectivity index (χ2n) is 5.16. The molecule has 2 rings (SSSR count). The molecule has 110 valence electrons. The second-order valence-corrected chi connectivity index (χ2v) is 5.16. The molecular weight excluding hydrogens is 262 g/mol. The Morgan fingerprint density at radius 1 is 1.10 bits per heavy atom. The van der Waals surface area contributed by atoms with Crippen LogP contribution in [-0.2, 0) is 6.42 Å². The highest BCUT2D eigenvalue weighted by Gasteiger charge is 2.03. The van der Waals surface area contributed by atoms with Gasteiger partial charge >= 0.3 is 0 Å². The molecule has 0 radical (unpaired) electrons. The summed E-state index contributed by atoms with van der Waals surface area (Å²) in [6, 6.07) is 11.9. The molecule has 0 atom stereocenters. The van der Waals surface area contributed by atoms with E-state index in [9.17, 15) is 4.79 Å². The molecule has 1 aromatic heterocycles. The van der Waals surface area contributed by atoms with E-state index in [2.05, 4.69) is 39.5 Å². The standard InChI is InChI=1S/C17H21N3O/c1-20(2)16-7-5-14(6-8-16)4-3-11-19-17(21)15-9-12-18-13-10-15/h5-10,12-13H,3-4,11H2,1-2H3,(H,19,21). The third-order valence-corrected chi connectivity index (χ3v) is 3.32. The maximum Gasteiger partial charge on any atom is 0.251 e. The predicted octanol–water partition coefficient (Wildman–Crippen LogP) is 2.51. The van der Waals surface area contributed by atoms with Crippen molar-refractivity contribution >= 4 is 11.6 Å². The first-order valence-corrected chi connectivity index (χ1v) is 7.11. The van der Waals surface area contributed by atoms with E-state index in [1.54, 1.807) is 24.5 Å². The van der Waals surface area contributed by atoms with Crippen molar-refractivity contribution in [3.63, 3.8) is 0 Å². The summed E-state index contributed by atoms with van der Waals surface area (Å²) >= 11 is 0. The topological polar surface area (TPSA) is 45.2 Å². The van der Waals surface area contributed by atoms with E-state index in [1.165, 1.54) is 11.3 Å². The summed E-state index contributed by atoms with van der Waals surface area (Å²) in [4.78, 5) is 17.8. The summed E-state index contributed by atoms with van der Waals surface area (Å²) < 4.78 is 0. The SMILES string of the molecule is CN(C)c1ccc(CCCNC(=O)c2ccncc2)cc1. The highest BCUT2D eigenvalue weighted by molar-refractivity contribution is 5.93. The van der Waals surface area contributed by atoms with Gasteiger partial charge in [0.05, 0.1) is 0 Å². The van der Waals surface area contributed by atoms with Crippen molar-refractivity contribution in [3.8, 4) is 0 Å². The van der Waals surface area contributed by atoms with Crippen LogP contribution in [0.1, 0.15) is 22.3 Å². The van der Waals surface area contributed by atoms with Gasteiger partial charge in [-0.05, 0) is 42.7 Å². The molecule has 4 heteroatoms. The smallest absolute Gasteiger partial charge is 0.251 e. The lowest BCUT2D eigenvalue weighted by atomic mass is 10.1. The molecule has 0 bridgehead atoms. The van der Waals surface area contributed by atoms with Gasteiger partial charge in [-0.1, -0.05) is 12.1 Å². The molecule has 21 heavy (non-hydrogen) atoms. The Balaban J connectivity index is 1.73. The molecular formula is C17H21N3O. The van der Waals surface area contributed by atoms with Crippen LogP contribution in [0.5, 0.6) is 0 Å². The molecule has 0 saturated heterocycles. The number of anilines is 1. The van der Waals surface area contributed by atoms with E-state index in [1.807, 2.05) is 14.1 Å². The number of aryl methyl sites for hydroxylation is 1. The van der Waals surface area contributed by atoms with Crippen molar-refractivity contribution in [3.05, 3.63) is 59.9 Å². The number of hydrogen-bond donors (Lipinski definition) is 1. The molecule has 1 N–H and O–H groups in total. The van der Waals surface area contributed by atoms with Gasteiger partial charge in [-0.2, -0.15) is 0 Å². The molecule has 2 aromatic rings. The monoisotopic (exact) mass is 283 g/mol. The first-order valence-electron chi connectivity index (χ1n) is 7.11. The summed E-state index contributed by atoms with van der Waals surface area (Å²) in [5, 5.41) is 2.92. The molecule has 0 aliphatic rings. The maximum absolute atomic E-state index is 11.8. The van der Waals surface area contributed by atoms with Crippen LogP contribution in [0.15, 0.2) is 48.8 Å². The van der Waals surface area contributed by atoms with Gasteiger partial charge in [-0.15, -0.1) is 0 Å². The molecule has 4 nitrogen and oxygen atoms in total. The predicted molar refractivity (Wildman–Crippen MR) is 85.7 cm³/mol. The minimum atomic E-state index is -0.0413. The molecule has 1 aromatic carbocycles. The molecule has 0 spiro atoms. The van der Waals surface area contributed by atoms with Gasteiger partial charge in [0, 0.05) is 44.3 Å². The number of nitrogens with zero attached hydrogens (tertiary/aromatic N) is 2. The van der Waals surface area contributed by atoms with E-state index in [-0.39, 0.29) is 5.91 Å². The Kier molecular flexibility index (Phi) is 5.32. The van der Waals surface area contributed by atoms with Crippen LogP contribution in [-0.4, -0.2) is 31.5 Å². The highest BCUT2D eigenvalue weighted by Crippen LogP contribution is 2.13. The zero-order chi connectivity index (χ0) is 15.1. The largest absolute Gasteiger partial charge is 0.378 e. The fraction of sp³-hybridized carbons (Fsp3) is 0.294. The van der Waals surface area contributed by atoms with Crippen LogP contribution in [0.3, 0.4) is 0 Å². The molecule has 1 amide bonds. The second kappa shape index (κ2) is 7.43. The minimum absolute atomic E-state index is 0.0413. The number of rotatable bonds is 6. The van der Waals surface area contributed by atoms with E-state index in [0.717, 1.165) is 12.8 Å². The van der Waals surface area contributed by atoms with Crippen LogP contribution in [0.4, 0.5) is 5.69 Å². The number of carbonyl (C=O) groups is 1. The van der Waals surface area contributed by atoms with Gasteiger partial charge in [0.15, 0.2) is 0 Å². The Morgan fingerprint density at radius 2 is 1.76 bits per heavy atom. The molecule has 0 aliphatic heterocycles. The fourth-order valence-corrected chi connectivity index (χ4v) is 2.06. The van der Waals surface area contributed by atoms with E-state index in [4.69, 9.17) is 0 Å². The highest BCUT2D eigenvalue weighted by atomic mass is 16.1. The summed E-state index contributed by atoms with van der Waals surface area (Å²) in [5.41, 5.74) is 3.14. The number of carbonyl (C=O) groups excluding carboxylic acids is 1. The van der Waals surface area contributed by atoms with Gasteiger partial charge in [-0.3, -0.25) is 9.78 Å². The van der Waals surface area contributed by atoms with Gasteiger partial charge in [0.2, 0.25) is 0 Å². The van der Waals surface area contributed by atoms with Crippen LogP contribution in [0, 0.1) is 0 Å². The van der Waals surface area contributed by atoms with Crippen LogP contribution >= 0.6 is 0 Å². The van der Waals surface area contributed by atoms with Crippen LogP contribution in [0.25, 0.3) is 0 Å². The van der Waals surface area contributed by atoms with Gasteiger partial charge in [0.1, 0.15) is 0 Å². The first kappa shape index (κ1) is 15.0. The van der Waals surface area contributed by atoms with Crippen molar-refractivity contribution in [2.24, 2.45) is 0 Å². The van der Waals surface area contributed by atoms with Crippen molar-refractivity contribution in [1.82, 2.24) is 10.3 Å². The lowest BCUT2D eigenvalue weighted by molar-refractivity contribution is 0.0953. The Bertz CT molecular complexity index is 564. The Labute approximate surface area is 125 Å². The van der Waals surface area contributed by atoms with E-state index in [0.29, 0.717) is 12.1 Å². The number of benzene rings is 1. The third-order valence-electron chi connectivity index (χ3n) is 3.32. The summed E-state index contributed by atoms with van der Waals surface area (Å²) in [7, 11) is 4.06. The first-order chi connectivity index (χ1) is 10.2. The van der Waals surface area contributed by atoms with Crippen molar-refractivity contribution < 1.29 is 4.79 Å². The number of hydrogen-bond acceptors (Lipinski definition) is 3. The average Bonchev–Trinajstić information content (AvgIpc) is 2.52.